The lowest BCUT2D eigenvalue weighted by molar-refractivity contribution is -0.197. The molecule has 0 radical (unpaired) electrons. The van der Waals surface area contributed by atoms with Crippen LogP contribution < -0.4 is 27.0 Å². The fraction of sp³-hybridized carbons (Fsp3) is 0.662. The van der Waals surface area contributed by atoms with Crippen LogP contribution in [0.5, 0.6) is 0 Å². The van der Waals surface area contributed by atoms with E-state index < -0.39 is 89.9 Å². The molecule has 7 N–H and O–H groups in total. The Morgan fingerprint density at radius 3 is 1.87 bits per heavy atom. The lowest BCUT2D eigenvalue weighted by Gasteiger charge is -2.40. The number of hydrogen-bond acceptors (Lipinski definition) is 17. The molecular formula is C74H115N9O18. The number of primary amides is 1. The minimum atomic E-state index is -1.12. The number of rotatable bonds is 42. The van der Waals surface area contributed by atoms with Crippen molar-refractivity contribution in [3.63, 3.8) is 0 Å². The zero-order valence-electron chi connectivity index (χ0n) is 62.2. The van der Waals surface area contributed by atoms with E-state index in [1.807, 2.05) is 58.2 Å². The molecule has 101 heavy (non-hydrogen) atoms. The first kappa shape index (κ1) is 86.9. The fourth-order valence-corrected chi connectivity index (χ4v) is 13.2. The third kappa shape index (κ3) is 28.2. The molecule has 27 nitrogen and oxygen atoms in total. The van der Waals surface area contributed by atoms with Gasteiger partial charge in [-0.1, -0.05) is 131 Å². The van der Waals surface area contributed by atoms with Gasteiger partial charge in [0.25, 0.3) is 11.8 Å². The van der Waals surface area contributed by atoms with Crippen molar-refractivity contribution < 1.29 is 86.5 Å². The van der Waals surface area contributed by atoms with Gasteiger partial charge in [0.05, 0.1) is 48.7 Å². The molecule has 0 aliphatic carbocycles. The summed E-state index contributed by atoms with van der Waals surface area (Å²) < 4.78 is 17.2. The van der Waals surface area contributed by atoms with Crippen molar-refractivity contribution in [1.82, 2.24) is 35.7 Å². The van der Waals surface area contributed by atoms with Crippen LogP contribution in [0.15, 0.2) is 54.6 Å². The first-order valence-corrected chi connectivity index (χ1v) is 35.6. The number of carbonyl (C=O) groups excluding carboxylic acids is 12. The summed E-state index contributed by atoms with van der Waals surface area (Å²) in [6.45, 7) is 21.4. The Kier molecular flexibility index (Phi) is 38.0. The number of unbranched alkanes of at least 4 members (excludes halogenated alkanes) is 3. The first-order valence-electron chi connectivity index (χ1n) is 35.6. The molecule has 2 aromatic rings. The Bertz CT molecular complexity index is 3040. The van der Waals surface area contributed by atoms with E-state index in [9.17, 15) is 67.4 Å². The molecule has 2 fully saturated rings. The predicted octanol–water partition coefficient (Wildman–Crippen LogP) is 8.32. The number of likely N-dealkylation sites (N-methyl/N-ethyl adjacent to an activating group) is 2. The summed E-state index contributed by atoms with van der Waals surface area (Å²) in [5, 5.41) is 21.1. The van der Waals surface area contributed by atoms with E-state index in [0.29, 0.717) is 61.4 Å². The molecule has 2 aliphatic rings. The van der Waals surface area contributed by atoms with E-state index in [2.05, 4.69) is 49.0 Å². The number of hydrogen-bond donors (Lipinski definition) is 6. The summed E-state index contributed by atoms with van der Waals surface area (Å²) in [5.74, 6) is -6.26. The van der Waals surface area contributed by atoms with Gasteiger partial charge in [-0.05, 0) is 98.8 Å². The maximum atomic E-state index is 13.9. The molecule has 2 aliphatic heterocycles. The second-order valence-corrected chi connectivity index (χ2v) is 27.6. The molecule has 0 aromatic heterocycles. The topological polar surface area (TPSA) is 366 Å². The highest BCUT2D eigenvalue weighted by molar-refractivity contribution is 6.01. The van der Waals surface area contributed by atoms with Gasteiger partial charge >= 0.3 is 24.1 Å². The molecule has 0 bridgehead atoms. The zero-order chi connectivity index (χ0) is 75.8. The van der Waals surface area contributed by atoms with Crippen LogP contribution in [0.4, 0.5) is 15.3 Å². The van der Waals surface area contributed by atoms with Crippen molar-refractivity contribution in [2.45, 2.75) is 234 Å². The Morgan fingerprint density at radius 2 is 1.34 bits per heavy atom. The van der Waals surface area contributed by atoms with Crippen molar-refractivity contribution in [1.29, 1.82) is 0 Å². The number of imide groups is 1. The number of methoxy groups -OCH3 is 2. The maximum absolute atomic E-state index is 13.9. The van der Waals surface area contributed by atoms with Crippen LogP contribution in [0.25, 0.3) is 0 Å². The maximum Gasteiger partial charge on any atom is 0.410 e. The van der Waals surface area contributed by atoms with Crippen molar-refractivity contribution in [2.24, 2.45) is 47.2 Å². The van der Waals surface area contributed by atoms with Gasteiger partial charge in [-0.2, -0.15) is 0 Å². The first-order chi connectivity index (χ1) is 47.7. The van der Waals surface area contributed by atoms with Gasteiger partial charge in [-0.15, -0.1) is 5.06 Å². The highest BCUT2D eigenvalue weighted by atomic mass is 16.7. The van der Waals surface area contributed by atoms with Gasteiger partial charge in [0.1, 0.15) is 12.6 Å². The number of hydroxylamine groups is 2. The van der Waals surface area contributed by atoms with Crippen LogP contribution in [0.2, 0.25) is 0 Å². The number of carboxylic acids is 1. The number of benzene rings is 2. The van der Waals surface area contributed by atoms with Gasteiger partial charge in [0, 0.05) is 97.5 Å². The molecule has 0 saturated carbocycles. The smallest absolute Gasteiger partial charge is 0.410 e. The molecule has 11 atom stereocenters. The Morgan fingerprint density at radius 1 is 0.713 bits per heavy atom. The highest BCUT2D eigenvalue weighted by Gasteiger charge is 2.44. The number of urea groups is 1. The molecule has 2 heterocycles. The second-order valence-electron chi connectivity index (χ2n) is 27.6. The number of nitrogens with zero attached hydrogens (tertiary/aromatic N) is 4. The minimum Gasteiger partial charge on any atom is -0.480 e. The summed E-state index contributed by atoms with van der Waals surface area (Å²) in [6, 6.07) is 11.9. The number of carboxylic acid groups (broad SMARTS) is 1. The summed E-state index contributed by atoms with van der Waals surface area (Å²) in [6.07, 6.45) is 4.24. The van der Waals surface area contributed by atoms with Crippen LogP contribution in [0.3, 0.4) is 0 Å². The quantitative estimate of drug-likeness (QED) is 0.0269. The summed E-state index contributed by atoms with van der Waals surface area (Å²) in [5.41, 5.74) is 7.06. The fourth-order valence-electron chi connectivity index (χ4n) is 13.2. The third-order valence-corrected chi connectivity index (χ3v) is 19.0. The van der Waals surface area contributed by atoms with Gasteiger partial charge in [-0.25, -0.2) is 19.2 Å². The lowest BCUT2D eigenvalue weighted by atomic mass is 9.87. The zero-order valence-corrected chi connectivity index (χ0v) is 62.2. The summed E-state index contributed by atoms with van der Waals surface area (Å²) in [7, 11) is 6.44. The SMILES string of the molecule is CC(=O)[C@H](C(C)C)N(C)C(=O)OCc1ccc(NC(=O)[C@H](CCCNC(N)=O)CC(=O)[C@@H](NC(=O)CCCCCCC(=O)ON2C(=O)CCC2=O)C(C)C)cc1.CC[C@H](C(=O)N(C)[C@@H]([C@@H](C)CC)[C@@H](CC(=O)N1CCC[C@H]1[C@H](OC)[C@@H](C)C(=O)N[C@@H](Cc1ccccc1)C(=O)O)OC)C(C)C. The molecule has 10 amide bonds. The van der Waals surface area contributed by atoms with Crippen molar-refractivity contribution in [3.8, 4) is 0 Å². The van der Waals surface area contributed by atoms with Gasteiger partial charge < -0.3 is 65.9 Å². The van der Waals surface area contributed by atoms with E-state index in [1.54, 1.807) is 61.9 Å². The van der Waals surface area contributed by atoms with E-state index in [0.717, 1.165) is 24.8 Å². The molecule has 0 spiro atoms. The van der Waals surface area contributed by atoms with Crippen LogP contribution in [-0.2, 0) is 84.8 Å². The number of amides is 10. The van der Waals surface area contributed by atoms with Crippen LogP contribution in [0.1, 0.15) is 190 Å². The van der Waals surface area contributed by atoms with Gasteiger partial charge in [0.15, 0.2) is 11.6 Å². The standard InChI is InChI=1S/C39H58N6O11.C35H57N3O7/c1-24(2)35(43-31(48)13-9-7-8-10-14-34(51)56-45-32(49)19-20-33(45)50)30(47)22-28(12-11-21-41-38(40)53)37(52)42-29-17-15-27(16-18-29)23-55-39(54)44(6)36(25(3)4)26(5)46;1-10-23(5)31(37(7)34(41)26(11-2)22(3)4)29(44-8)21-30(39)38-19-15-18-28(38)32(45-9)24(6)33(40)36-27(35(42)43)20-25-16-13-12-14-17-25/h15-18,24-25,28,35-36H,7-14,19-23H2,1-6H3,(H,42,52)(H,43,48)(H3,40,41,53);12-14,16-17,22-24,26-29,31-32H,10-11,15,18-21H2,1-9H3,(H,36,40)(H,42,43)/t28-,35+,36+;23-,24+,26-,27-,28-,29+,31-,32+/m10/s1. The Hall–Kier alpha value is -8.33. The largest absolute Gasteiger partial charge is 0.480 e. The average Bonchev–Trinajstić information content (AvgIpc) is 1.79. The number of Topliss-reactive ketones (excluding diaryl/α,β-unsaturated/α-hetero) is 2. The van der Waals surface area contributed by atoms with Crippen molar-refractivity contribution in [3.05, 3.63) is 65.7 Å². The third-order valence-electron chi connectivity index (χ3n) is 19.0. The molecule has 564 valence electrons. The van der Waals surface area contributed by atoms with E-state index in [4.69, 9.17) is 24.8 Å². The number of ether oxygens (including phenoxy) is 3. The van der Waals surface area contributed by atoms with Gasteiger partial charge in [0.2, 0.25) is 29.5 Å². The molecule has 4 rings (SSSR count). The number of anilines is 1. The Labute approximate surface area is 596 Å². The van der Waals surface area contributed by atoms with E-state index in [-0.39, 0.29) is 135 Å². The van der Waals surface area contributed by atoms with Crippen molar-refractivity contribution >= 4 is 82.7 Å². The number of ketones is 2. The molecule has 0 unspecified atom stereocenters. The minimum absolute atomic E-state index is 0.0178. The van der Waals surface area contributed by atoms with Gasteiger partial charge in [-0.3, -0.25) is 43.2 Å². The number of carbonyl (C=O) groups is 13. The van der Waals surface area contributed by atoms with E-state index >= 15 is 0 Å². The number of nitrogens with two attached hydrogens (primary N) is 1. The average molecular weight is 1420 g/mol. The molecule has 2 saturated heterocycles. The van der Waals surface area contributed by atoms with Crippen molar-refractivity contribution in [2.75, 3.05) is 46.7 Å². The lowest BCUT2D eigenvalue weighted by Crippen LogP contribution is -2.54. The summed E-state index contributed by atoms with van der Waals surface area (Å²) >= 11 is 0. The summed E-state index contributed by atoms with van der Waals surface area (Å²) in [4.78, 5) is 173. The molecule has 2 aromatic carbocycles. The van der Waals surface area contributed by atoms with Crippen LogP contribution in [-0.4, -0.2) is 186 Å². The Balaban J connectivity index is 0.000000538. The molecule has 27 heteroatoms. The number of nitrogens with one attached hydrogen (secondary N) is 4. The van der Waals surface area contributed by atoms with Crippen LogP contribution >= 0.6 is 0 Å². The number of aliphatic carboxylic acids is 1. The predicted molar refractivity (Wildman–Crippen MR) is 378 cm³/mol. The van der Waals surface area contributed by atoms with E-state index in [1.165, 1.54) is 26.0 Å². The second kappa shape index (κ2) is 44.1. The normalized spacial score (nSPS) is 16.6. The number of likely N-dealkylation sites (tertiary alicyclic amines) is 1. The highest BCUT2D eigenvalue weighted by Crippen LogP contribution is 2.31. The monoisotopic (exact) mass is 1420 g/mol. The van der Waals surface area contributed by atoms with Crippen LogP contribution in [0, 0.1) is 41.4 Å². The molecular weight excluding hydrogens is 1300 g/mol.